The van der Waals surface area contributed by atoms with Crippen LogP contribution in [0.5, 0.6) is 5.75 Å². The van der Waals surface area contributed by atoms with E-state index in [0.29, 0.717) is 30.1 Å². The number of aromatic nitrogens is 1. The summed E-state index contributed by atoms with van der Waals surface area (Å²) >= 11 is 0. The van der Waals surface area contributed by atoms with E-state index in [4.69, 9.17) is 4.74 Å². The van der Waals surface area contributed by atoms with Gasteiger partial charge in [0, 0.05) is 24.5 Å². The lowest BCUT2D eigenvalue weighted by Gasteiger charge is -2.17. The third kappa shape index (κ3) is 6.27. The summed E-state index contributed by atoms with van der Waals surface area (Å²) in [4.78, 5) is 17.5. The maximum absolute atomic E-state index is 13.0. The molecule has 8 nitrogen and oxygen atoms in total. The minimum Gasteiger partial charge on any atom is -0.497 e. The largest absolute Gasteiger partial charge is 0.497 e. The molecule has 1 heterocycles. The number of rotatable bonds is 10. The highest BCUT2D eigenvalue weighted by Crippen LogP contribution is 2.35. The molecule has 1 aromatic heterocycles. The van der Waals surface area contributed by atoms with Crippen LogP contribution in [0.15, 0.2) is 96.0 Å². The summed E-state index contributed by atoms with van der Waals surface area (Å²) in [6, 6.07) is 25.2. The van der Waals surface area contributed by atoms with Crippen molar-refractivity contribution in [1.29, 1.82) is 0 Å². The van der Waals surface area contributed by atoms with E-state index in [1.165, 1.54) is 19.2 Å². The van der Waals surface area contributed by atoms with E-state index in [9.17, 15) is 13.2 Å². The second-order valence-electron chi connectivity index (χ2n) is 9.32. The van der Waals surface area contributed by atoms with Crippen molar-refractivity contribution in [1.82, 2.24) is 15.0 Å². The number of sulfonamides is 1. The number of hydrogen-bond donors (Lipinski definition) is 3. The van der Waals surface area contributed by atoms with Gasteiger partial charge in [0.15, 0.2) is 0 Å². The smallest absolute Gasteiger partial charge is 0.255 e. The Labute approximate surface area is 228 Å². The number of benzene rings is 3. The molecule has 9 heteroatoms. The molecule has 0 spiro atoms. The molecule has 1 aliphatic carbocycles. The molecule has 1 atom stereocenters. The number of carbonyl (C=O) groups excluding carboxylic acids is 1. The molecule has 3 N–H and O–H groups in total. The predicted molar refractivity (Wildman–Crippen MR) is 151 cm³/mol. The van der Waals surface area contributed by atoms with Crippen molar-refractivity contribution in [2.75, 3.05) is 19.0 Å². The lowest BCUT2D eigenvalue weighted by atomic mass is 10.1. The number of hydrogen-bond acceptors (Lipinski definition) is 6. The zero-order chi connectivity index (χ0) is 27.2. The second kappa shape index (κ2) is 11.7. The summed E-state index contributed by atoms with van der Waals surface area (Å²) in [6.45, 7) is 0.506. The first-order chi connectivity index (χ1) is 18.9. The van der Waals surface area contributed by atoms with Crippen LogP contribution < -0.4 is 20.1 Å². The van der Waals surface area contributed by atoms with Crippen LogP contribution in [0.3, 0.4) is 0 Å². The normalized spacial score (nSPS) is 14.4. The van der Waals surface area contributed by atoms with E-state index in [-0.39, 0.29) is 16.8 Å². The number of nitrogens with one attached hydrogen (secondary N) is 3. The minimum absolute atomic E-state index is 0.183. The van der Waals surface area contributed by atoms with Crippen molar-refractivity contribution < 1.29 is 17.9 Å². The van der Waals surface area contributed by atoms with Gasteiger partial charge in [0.25, 0.3) is 5.91 Å². The number of pyridine rings is 1. The molecule has 0 fully saturated rings. The summed E-state index contributed by atoms with van der Waals surface area (Å²) < 4.78 is 34.1. The molecule has 1 aliphatic rings. The predicted octanol–water partition coefficient (Wildman–Crippen LogP) is 4.77. The average Bonchev–Trinajstić information content (AvgIpc) is 3.35. The van der Waals surface area contributed by atoms with Crippen molar-refractivity contribution in [2.45, 2.75) is 30.2 Å². The maximum Gasteiger partial charge on any atom is 0.255 e. The van der Waals surface area contributed by atoms with E-state index in [0.717, 1.165) is 35.2 Å². The molecule has 5 rings (SSSR count). The number of nitrogens with zero attached hydrogens (tertiary/aromatic N) is 1. The third-order valence-corrected chi connectivity index (χ3v) is 8.24. The lowest BCUT2D eigenvalue weighted by Crippen LogP contribution is -2.27. The van der Waals surface area contributed by atoms with Crippen molar-refractivity contribution in [3.63, 3.8) is 0 Å². The van der Waals surface area contributed by atoms with Gasteiger partial charge >= 0.3 is 0 Å². The molecular weight excluding hydrogens is 512 g/mol. The quantitative estimate of drug-likeness (QED) is 0.266. The molecular formula is C30H30N4O4S. The van der Waals surface area contributed by atoms with Crippen molar-refractivity contribution in [3.05, 3.63) is 113 Å². The number of methoxy groups -OCH3 is 1. The van der Waals surface area contributed by atoms with Gasteiger partial charge in [-0.25, -0.2) is 18.1 Å². The molecule has 0 radical (unpaired) electrons. The number of anilines is 2. The Morgan fingerprint density at radius 1 is 1.00 bits per heavy atom. The summed E-state index contributed by atoms with van der Waals surface area (Å²) in [5.41, 5.74) is 4.30. The second-order valence-corrected chi connectivity index (χ2v) is 11.0. The molecule has 0 saturated heterocycles. The maximum atomic E-state index is 13.0. The molecule has 1 unspecified atom stereocenters. The standard InChI is InChI=1S/C30H30N4O4S/c1-38-24-12-14-25(15-13-24)39(36,37)34-28-16-10-22-9-11-23(20-27(22)28)33-29-26(8-5-18-31-29)30(35)32-19-17-21-6-3-2-4-7-21/h2-9,11-15,18,20,28,34H,10,16-17,19H2,1H3,(H,31,33)(H,32,35). The van der Waals surface area contributed by atoms with Gasteiger partial charge in [-0.3, -0.25) is 4.79 Å². The van der Waals surface area contributed by atoms with Crippen molar-refractivity contribution in [3.8, 4) is 5.75 Å². The van der Waals surface area contributed by atoms with Crippen LogP contribution in [-0.2, 0) is 22.9 Å². The van der Waals surface area contributed by atoms with E-state index >= 15 is 0 Å². The van der Waals surface area contributed by atoms with Gasteiger partial charge in [-0.15, -0.1) is 0 Å². The highest BCUT2D eigenvalue weighted by atomic mass is 32.2. The molecule has 0 bridgehead atoms. The topological polar surface area (TPSA) is 109 Å². The molecule has 1 amide bonds. The van der Waals surface area contributed by atoms with Gasteiger partial charge < -0.3 is 15.4 Å². The Balaban J connectivity index is 1.28. The summed E-state index contributed by atoms with van der Waals surface area (Å²) in [6.07, 6.45) is 3.79. The zero-order valence-corrected chi connectivity index (χ0v) is 22.4. The van der Waals surface area contributed by atoms with Gasteiger partial charge in [0.1, 0.15) is 11.6 Å². The van der Waals surface area contributed by atoms with E-state index in [2.05, 4.69) is 20.3 Å². The van der Waals surface area contributed by atoms with Gasteiger partial charge in [-0.1, -0.05) is 36.4 Å². The number of amides is 1. The number of ether oxygens (including phenoxy) is 1. The molecule has 39 heavy (non-hydrogen) atoms. The van der Waals surface area contributed by atoms with Crippen LogP contribution in [0.2, 0.25) is 0 Å². The van der Waals surface area contributed by atoms with Crippen molar-refractivity contribution >= 4 is 27.4 Å². The average molecular weight is 543 g/mol. The Morgan fingerprint density at radius 3 is 2.56 bits per heavy atom. The highest BCUT2D eigenvalue weighted by molar-refractivity contribution is 7.89. The summed E-state index contributed by atoms with van der Waals surface area (Å²) in [5, 5.41) is 6.22. The first kappa shape index (κ1) is 26.4. The number of carbonyl (C=O) groups is 1. The Kier molecular flexibility index (Phi) is 7.90. The van der Waals surface area contributed by atoms with Gasteiger partial charge in [-0.2, -0.15) is 0 Å². The fraction of sp³-hybridized carbons (Fsp3) is 0.200. The van der Waals surface area contributed by atoms with E-state index < -0.39 is 10.0 Å². The Morgan fingerprint density at radius 2 is 1.79 bits per heavy atom. The van der Waals surface area contributed by atoms with Gasteiger partial charge in [0.05, 0.1) is 17.6 Å². The van der Waals surface area contributed by atoms with Gasteiger partial charge in [-0.05, 0) is 84.5 Å². The molecule has 0 saturated carbocycles. The first-order valence-corrected chi connectivity index (χ1v) is 14.2. The van der Waals surface area contributed by atoms with Crippen LogP contribution in [-0.4, -0.2) is 33.0 Å². The van der Waals surface area contributed by atoms with E-state index in [1.54, 1.807) is 30.5 Å². The first-order valence-electron chi connectivity index (χ1n) is 12.8. The van der Waals surface area contributed by atoms with Crippen LogP contribution in [0.25, 0.3) is 0 Å². The number of fused-ring (bicyclic) bond motifs is 1. The SMILES string of the molecule is COc1ccc(S(=O)(=O)NC2CCc3ccc(Nc4ncccc4C(=O)NCCc4ccccc4)cc32)cc1. The minimum atomic E-state index is -3.72. The van der Waals surface area contributed by atoms with Crippen molar-refractivity contribution in [2.24, 2.45) is 0 Å². The molecule has 0 aliphatic heterocycles. The third-order valence-electron chi connectivity index (χ3n) is 6.75. The van der Waals surface area contributed by atoms with Crippen LogP contribution >= 0.6 is 0 Å². The molecule has 4 aromatic rings. The van der Waals surface area contributed by atoms with Crippen LogP contribution in [0.4, 0.5) is 11.5 Å². The van der Waals surface area contributed by atoms with E-state index in [1.807, 2.05) is 48.5 Å². The Bertz CT molecular complexity index is 1560. The monoisotopic (exact) mass is 542 g/mol. The van der Waals surface area contributed by atoms with Crippen LogP contribution in [0.1, 0.15) is 39.5 Å². The van der Waals surface area contributed by atoms with Crippen LogP contribution in [0, 0.1) is 0 Å². The fourth-order valence-electron chi connectivity index (χ4n) is 4.70. The lowest BCUT2D eigenvalue weighted by molar-refractivity contribution is 0.0954. The molecule has 200 valence electrons. The zero-order valence-electron chi connectivity index (χ0n) is 21.6. The number of aryl methyl sites for hydroxylation is 1. The fourth-order valence-corrected chi connectivity index (χ4v) is 5.95. The highest BCUT2D eigenvalue weighted by Gasteiger charge is 2.28. The summed E-state index contributed by atoms with van der Waals surface area (Å²) in [5.74, 6) is 0.811. The van der Waals surface area contributed by atoms with Gasteiger partial charge in [0.2, 0.25) is 10.0 Å². The Hall–Kier alpha value is -4.21. The molecule has 3 aromatic carbocycles. The summed E-state index contributed by atoms with van der Waals surface area (Å²) in [7, 11) is -2.18.